The summed E-state index contributed by atoms with van der Waals surface area (Å²) in [6.07, 6.45) is 8.97. The van der Waals surface area contributed by atoms with E-state index in [2.05, 4.69) is 51.6 Å². The maximum absolute atomic E-state index is 5.43. The minimum absolute atomic E-state index is 0.397. The van der Waals surface area contributed by atoms with Crippen LogP contribution in [0.25, 0.3) is 16.5 Å². The Morgan fingerprint density at radius 1 is 0.812 bits per heavy atom. The van der Waals surface area contributed by atoms with Crippen molar-refractivity contribution in [1.82, 2.24) is 9.97 Å². The van der Waals surface area contributed by atoms with Crippen LogP contribution >= 0.6 is 0 Å². The van der Waals surface area contributed by atoms with Crippen molar-refractivity contribution in [3.05, 3.63) is 120 Å². The molecule has 5 nitrogen and oxygen atoms in total. The van der Waals surface area contributed by atoms with Crippen LogP contribution in [0.4, 0.5) is 5.69 Å². The van der Waals surface area contributed by atoms with Crippen molar-refractivity contribution in [3.63, 3.8) is 0 Å². The number of fused-ring (bicyclic) bond motifs is 1. The summed E-state index contributed by atoms with van der Waals surface area (Å²) in [6, 6.07) is 24.6. The molecule has 3 heterocycles. The van der Waals surface area contributed by atoms with Crippen LogP contribution in [0.5, 0.6) is 0 Å². The molecule has 1 aliphatic heterocycles. The van der Waals surface area contributed by atoms with Gasteiger partial charge >= 0.3 is 0 Å². The van der Waals surface area contributed by atoms with Crippen LogP contribution in [0.3, 0.4) is 0 Å². The number of hydrogen-bond acceptors (Lipinski definition) is 5. The molecule has 2 aromatic heterocycles. The smallest absolute Gasteiger partial charge is 0.132 e. The number of aromatic nitrogens is 2. The van der Waals surface area contributed by atoms with Crippen LogP contribution in [0, 0.1) is 0 Å². The Morgan fingerprint density at radius 2 is 1.66 bits per heavy atom. The van der Waals surface area contributed by atoms with Crippen LogP contribution < -0.4 is 0 Å². The molecule has 2 aromatic carbocycles. The minimum atomic E-state index is 0.397. The van der Waals surface area contributed by atoms with Crippen molar-refractivity contribution in [1.29, 1.82) is 0 Å². The van der Waals surface area contributed by atoms with E-state index in [1.165, 1.54) is 10.9 Å². The Bertz CT molecular complexity index is 1310. The quantitative estimate of drug-likeness (QED) is 0.338. The molecule has 0 bridgehead atoms. The van der Waals surface area contributed by atoms with Crippen LogP contribution in [0.15, 0.2) is 113 Å². The van der Waals surface area contributed by atoms with Crippen molar-refractivity contribution >= 4 is 22.2 Å². The van der Waals surface area contributed by atoms with Gasteiger partial charge in [-0.05, 0) is 66.4 Å². The fraction of sp³-hybridized carbons (Fsp3) is 0.111. The first-order chi connectivity index (χ1) is 15.8. The zero-order valence-corrected chi connectivity index (χ0v) is 17.6. The third-order valence-electron chi connectivity index (χ3n) is 5.40. The zero-order valence-electron chi connectivity index (χ0n) is 17.6. The molecule has 0 amide bonds. The van der Waals surface area contributed by atoms with Gasteiger partial charge in [0.2, 0.25) is 0 Å². The van der Waals surface area contributed by atoms with E-state index in [0.717, 1.165) is 46.6 Å². The number of para-hydroxylation sites is 1. The molecule has 0 unspecified atom stereocenters. The lowest BCUT2D eigenvalue weighted by Crippen LogP contribution is -2.00. The van der Waals surface area contributed by atoms with Crippen LogP contribution in [0.1, 0.15) is 16.8 Å². The van der Waals surface area contributed by atoms with Gasteiger partial charge in [0.05, 0.1) is 17.5 Å². The molecule has 5 heteroatoms. The van der Waals surface area contributed by atoms with Crippen molar-refractivity contribution in [2.45, 2.75) is 12.8 Å². The summed E-state index contributed by atoms with van der Waals surface area (Å²) in [5, 5.41) is 10.1. The van der Waals surface area contributed by atoms with Crippen molar-refractivity contribution < 1.29 is 4.74 Å². The van der Waals surface area contributed by atoms with Gasteiger partial charge in [-0.3, -0.25) is 9.97 Å². The fourth-order valence-electron chi connectivity index (χ4n) is 3.66. The third kappa shape index (κ3) is 4.62. The Morgan fingerprint density at radius 3 is 2.53 bits per heavy atom. The van der Waals surface area contributed by atoms with E-state index in [1.807, 2.05) is 42.5 Å². The summed E-state index contributed by atoms with van der Waals surface area (Å²) in [7, 11) is 0. The minimum Gasteiger partial charge on any atom is -0.495 e. The van der Waals surface area contributed by atoms with Gasteiger partial charge in [-0.15, -0.1) is 0 Å². The molecule has 0 fully saturated rings. The summed E-state index contributed by atoms with van der Waals surface area (Å²) in [5.41, 5.74) is 7.06. The highest BCUT2D eigenvalue weighted by atomic mass is 16.5. The highest BCUT2D eigenvalue weighted by Gasteiger charge is 2.11. The standard InChI is InChI=1S/C27H22N4O/c1-2-4-26-22(3-1)8-12-23(29-26)9-5-20-6-10-24(11-7-20)30-31-27-19-32-18-15-25(27)21-13-16-28-17-14-21/h1-4,6-8,10-18H,5,9,19H2. The number of hydrogen-bond donors (Lipinski definition) is 0. The highest BCUT2D eigenvalue weighted by Crippen LogP contribution is 2.26. The van der Waals surface area contributed by atoms with E-state index >= 15 is 0 Å². The van der Waals surface area contributed by atoms with Gasteiger partial charge in [0.1, 0.15) is 12.3 Å². The molecule has 0 spiro atoms. The Labute approximate surface area is 186 Å². The molecule has 0 saturated heterocycles. The van der Waals surface area contributed by atoms with E-state index < -0.39 is 0 Å². The van der Waals surface area contributed by atoms with E-state index in [0.29, 0.717) is 6.61 Å². The zero-order chi connectivity index (χ0) is 21.6. The van der Waals surface area contributed by atoms with Gasteiger partial charge in [-0.2, -0.15) is 10.2 Å². The third-order valence-corrected chi connectivity index (χ3v) is 5.40. The summed E-state index contributed by atoms with van der Waals surface area (Å²) >= 11 is 0. The second kappa shape index (κ2) is 9.35. The topological polar surface area (TPSA) is 59.7 Å². The average Bonchev–Trinajstić information content (AvgIpc) is 2.87. The number of ether oxygens (including phenoxy) is 1. The number of azo groups is 1. The lowest BCUT2D eigenvalue weighted by atomic mass is 10.0. The van der Waals surface area contributed by atoms with Crippen molar-refractivity contribution in [3.8, 4) is 0 Å². The van der Waals surface area contributed by atoms with Crippen LogP contribution in [0.2, 0.25) is 0 Å². The summed E-state index contributed by atoms with van der Waals surface area (Å²) < 4.78 is 5.43. The van der Waals surface area contributed by atoms with Gasteiger partial charge in [0.25, 0.3) is 0 Å². The molecule has 0 saturated carbocycles. The van der Waals surface area contributed by atoms with Crippen LogP contribution in [-0.2, 0) is 17.6 Å². The molecule has 32 heavy (non-hydrogen) atoms. The average molecular weight is 419 g/mol. The monoisotopic (exact) mass is 418 g/mol. The Hall–Kier alpha value is -4.12. The molecule has 4 aromatic rings. The van der Waals surface area contributed by atoms with Gasteiger partial charge in [-0.1, -0.05) is 36.4 Å². The Balaban J connectivity index is 1.26. The second-order valence-electron chi connectivity index (χ2n) is 7.57. The predicted molar refractivity (Wildman–Crippen MR) is 126 cm³/mol. The molecule has 0 N–H and O–H groups in total. The first-order valence-electron chi connectivity index (χ1n) is 10.6. The molecular weight excluding hydrogens is 396 g/mol. The maximum atomic E-state index is 5.43. The van der Waals surface area contributed by atoms with Gasteiger partial charge in [-0.25, -0.2) is 0 Å². The summed E-state index contributed by atoms with van der Waals surface area (Å²) in [6.45, 7) is 0.397. The highest BCUT2D eigenvalue weighted by molar-refractivity contribution is 5.78. The predicted octanol–water partition coefficient (Wildman–Crippen LogP) is 6.45. The number of benzene rings is 2. The number of allylic oxidation sites excluding steroid dienone is 2. The SMILES string of the molecule is C1=CC(c2ccncc2)=C(N=Nc2ccc(CCc3ccc4ccccc4n3)cc2)CO1. The van der Waals surface area contributed by atoms with E-state index in [9.17, 15) is 0 Å². The molecule has 0 radical (unpaired) electrons. The first-order valence-corrected chi connectivity index (χ1v) is 10.6. The molecular formula is C27H22N4O. The molecule has 5 rings (SSSR count). The van der Waals surface area contributed by atoms with Crippen molar-refractivity contribution in [2.75, 3.05) is 6.61 Å². The fourth-order valence-corrected chi connectivity index (χ4v) is 3.66. The summed E-state index contributed by atoms with van der Waals surface area (Å²) in [4.78, 5) is 8.84. The van der Waals surface area contributed by atoms with Gasteiger partial charge in [0, 0.05) is 29.0 Å². The lowest BCUT2D eigenvalue weighted by molar-refractivity contribution is 0.275. The largest absolute Gasteiger partial charge is 0.495 e. The molecule has 156 valence electrons. The number of nitrogens with zero attached hydrogens (tertiary/aromatic N) is 4. The normalized spacial score (nSPS) is 13.6. The van der Waals surface area contributed by atoms with Gasteiger partial charge < -0.3 is 4.74 Å². The number of aryl methyl sites for hydroxylation is 2. The molecule has 0 atom stereocenters. The van der Waals surface area contributed by atoms with Gasteiger partial charge in [0.15, 0.2) is 0 Å². The Kier molecular flexibility index (Phi) is 5.79. The number of rotatable bonds is 6. The first kappa shape index (κ1) is 19.8. The van der Waals surface area contributed by atoms with Crippen molar-refractivity contribution in [2.24, 2.45) is 10.2 Å². The number of pyridine rings is 2. The van der Waals surface area contributed by atoms with E-state index in [4.69, 9.17) is 9.72 Å². The van der Waals surface area contributed by atoms with E-state index in [-0.39, 0.29) is 0 Å². The van der Waals surface area contributed by atoms with E-state index in [1.54, 1.807) is 18.7 Å². The lowest BCUT2D eigenvalue weighted by Gasteiger charge is -2.12. The molecule has 0 aliphatic carbocycles. The molecule has 1 aliphatic rings. The second-order valence-corrected chi connectivity index (χ2v) is 7.57. The summed E-state index contributed by atoms with van der Waals surface area (Å²) in [5.74, 6) is 0. The maximum Gasteiger partial charge on any atom is 0.132 e. The van der Waals surface area contributed by atoms with Crippen LogP contribution in [-0.4, -0.2) is 16.6 Å².